The van der Waals surface area contributed by atoms with Gasteiger partial charge in [-0.25, -0.2) is 0 Å². The number of anilines is 2. The molecule has 200 valence electrons. The highest BCUT2D eigenvalue weighted by atomic mass is 35.5. The van der Waals surface area contributed by atoms with Gasteiger partial charge in [0.05, 0.1) is 0 Å². The van der Waals surface area contributed by atoms with Crippen LogP contribution in [0.3, 0.4) is 0 Å². The second kappa shape index (κ2) is 14.5. The molecule has 0 aliphatic rings. The minimum Gasteiger partial charge on any atom is -0.324 e. The summed E-state index contributed by atoms with van der Waals surface area (Å²) in [5.41, 5.74) is 3.06. The van der Waals surface area contributed by atoms with Crippen molar-refractivity contribution in [2.24, 2.45) is 0 Å². The van der Waals surface area contributed by atoms with E-state index in [0.717, 1.165) is 22.5 Å². The number of carbonyl (C=O) groups excluding carboxylic acids is 2. The van der Waals surface area contributed by atoms with Crippen LogP contribution in [0.15, 0.2) is 109 Å². The standard InChI is InChI=1S/C31H30Cl2N4O2/c32-24-16-12-22(13-17-24)28(30(38)36-26-8-3-1-4-9-26)34-20-7-21-35-29(23-14-18-25(33)19-15-23)31(39)37-27-10-5-2-6-11-27/h1-6,8-19,28-29,34-35H,7,20-21H2,(H,36,38)(H,37,39)/t28-,29+. The number of carbonyl (C=O) groups is 2. The number of nitrogens with one attached hydrogen (secondary N) is 4. The lowest BCUT2D eigenvalue weighted by Crippen LogP contribution is -2.36. The van der Waals surface area contributed by atoms with Crippen molar-refractivity contribution < 1.29 is 9.59 Å². The molecule has 0 aliphatic carbocycles. The minimum atomic E-state index is -0.573. The highest BCUT2D eigenvalue weighted by Crippen LogP contribution is 2.21. The Balaban J connectivity index is 1.38. The van der Waals surface area contributed by atoms with E-state index in [-0.39, 0.29) is 11.8 Å². The molecule has 0 radical (unpaired) electrons. The molecule has 4 aromatic carbocycles. The average Bonchev–Trinajstić information content (AvgIpc) is 2.95. The Hall–Kier alpha value is -3.68. The van der Waals surface area contributed by atoms with Gasteiger partial charge in [0.1, 0.15) is 12.1 Å². The molecule has 6 nitrogen and oxygen atoms in total. The molecule has 0 aliphatic heterocycles. The molecular weight excluding hydrogens is 531 g/mol. The molecular formula is C31H30Cl2N4O2. The normalized spacial score (nSPS) is 12.4. The molecule has 39 heavy (non-hydrogen) atoms. The lowest BCUT2D eigenvalue weighted by Gasteiger charge is -2.21. The quantitative estimate of drug-likeness (QED) is 0.147. The summed E-state index contributed by atoms with van der Waals surface area (Å²) >= 11 is 12.1. The first kappa shape index (κ1) is 28.3. The molecule has 0 unspecified atom stereocenters. The number of hydrogen-bond donors (Lipinski definition) is 4. The summed E-state index contributed by atoms with van der Waals surface area (Å²) in [6.45, 7) is 1.08. The third-order valence-electron chi connectivity index (χ3n) is 6.06. The van der Waals surface area contributed by atoms with Crippen LogP contribution in [0.25, 0.3) is 0 Å². The van der Waals surface area contributed by atoms with Gasteiger partial charge in [-0.3, -0.25) is 9.59 Å². The summed E-state index contributed by atoms with van der Waals surface area (Å²) in [5, 5.41) is 13.8. The predicted molar refractivity (Wildman–Crippen MR) is 159 cm³/mol. The van der Waals surface area contributed by atoms with Gasteiger partial charge >= 0.3 is 0 Å². The van der Waals surface area contributed by atoms with Crippen LogP contribution in [0.4, 0.5) is 11.4 Å². The Kier molecular flexibility index (Phi) is 10.5. The summed E-state index contributed by atoms with van der Waals surface area (Å²) in [5.74, 6) is -0.337. The molecule has 4 N–H and O–H groups in total. The maximum atomic E-state index is 13.2. The van der Waals surface area contributed by atoms with E-state index in [4.69, 9.17) is 23.2 Å². The first-order valence-electron chi connectivity index (χ1n) is 12.7. The number of halogens is 2. The maximum absolute atomic E-state index is 13.2. The molecule has 2 atom stereocenters. The molecule has 0 spiro atoms. The van der Waals surface area contributed by atoms with Crippen LogP contribution in [0, 0.1) is 0 Å². The molecule has 4 rings (SSSR count). The fraction of sp³-hybridized carbons (Fsp3) is 0.161. The van der Waals surface area contributed by atoms with Crippen LogP contribution in [0.2, 0.25) is 10.0 Å². The molecule has 0 saturated carbocycles. The van der Waals surface area contributed by atoms with Crippen LogP contribution in [-0.2, 0) is 9.59 Å². The van der Waals surface area contributed by atoms with E-state index in [9.17, 15) is 9.59 Å². The lowest BCUT2D eigenvalue weighted by molar-refractivity contribution is -0.119. The van der Waals surface area contributed by atoms with Crippen molar-refractivity contribution in [2.75, 3.05) is 23.7 Å². The zero-order valence-electron chi connectivity index (χ0n) is 21.2. The van der Waals surface area contributed by atoms with Crippen molar-refractivity contribution in [1.82, 2.24) is 10.6 Å². The van der Waals surface area contributed by atoms with Gasteiger partial charge in [0.25, 0.3) is 0 Å². The smallest absolute Gasteiger partial charge is 0.246 e. The van der Waals surface area contributed by atoms with Gasteiger partial charge in [0.2, 0.25) is 11.8 Å². The molecule has 8 heteroatoms. The van der Waals surface area contributed by atoms with Gasteiger partial charge in [-0.05, 0) is 79.2 Å². The fourth-order valence-corrected chi connectivity index (χ4v) is 4.34. The minimum absolute atomic E-state index is 0.169. The van der Waals surface area contributed by atoms with Gasteiger partial charge in [0, 0.05) is 21.4 Å². The van der Waals surface area contributed by atoms with Crippen LogP contribution in [-0.4, -0.2) is 24.9 Å². The second-order valence-corrected chi connectivity index (χ2v) is 9.81. The van der Waals surface area contributed by atoms with Crippen LogP contribution in [0.1, 0.15) is 29.6 Å². The summed E-state index contributed by atoms with van der Waals surface area (Å²) in [4.78, 5) is 26.3. The molecule has 0 aromatic heterocycles. The van der Waals surface area contributed by atoms with E-state index in [1.807, 2.05) is 84.9 Å². The summed E-state index contributed by atoms with van der Waals surface area (Å²) < 4.78 is 0. The highest BCUT2D eigenvalue weighted by molar-refractivity contribution is 6.30. The third kappa shape index (κ3) is 8.67. The molecule has 0 saturated heterocycles. The number of benzene rings is 4. The van der Waals surface area contributed by atoms with Crippen molar-refractivity contribution in [2.45, 2.75) is 18.5 Å². The Bertz CT molecular complexity index is 1230. The number of hydrogen-bond acceptors (Lipinski definition) is 4. The van der Waals surface area contributed by atoms with E-state index in [0.29, 0.717) is 29.6 Å². The molecule has 0 bridgehead atoms. The van der Waals surface area contributed by atoms with E-state index in [1.165, 1.54) is 0 Å². The lowest BCUT2D eigenvalue weighted by atomic mass is 10.1. The number of para-hydroxylation sites is 2. The molecule has 0 heterocycles. The van der Waals surface area contributed by atoms with Crippen molar-refractivity contribution in [3.05, 3.63) is 130 Å². The van der Waals surface area contributed by atoms with Crippen LogP contribution < -0.4 is 21.3 Å². The second-order valence-electron chi connectivity index (χ2n) is 8.94. The summed E-state index contributed by atoms with van der Waals surface area (Å²) in [6, 6.07) is 32.0. The molecule has 0 fully saturated rings. The highest BCUT2D eigenvalue weighted by Gasteiger charge is 2.22. The van der Waals surface area contributed by atoms with Gasteiger partial charge in [-0.15, -0.1) is 0 Å². The Morgan fingerprint density at radius 3 is 1.26 bits per heavy atom. The summed E-state index contributed by atoms with van der Waals surface area (Å²) in [6.07, 6.45) is 0.672. The summed E-state index contributed by atoms with van der Waals surface area (Å²) in [7, 11) is 0. The average molecular weight is 562 g/mol. The van der Waals surface area contributed by atoms with Crippen molar-refractivity contribution in [3.8, 4) is 0 Å². The van der Waals surface area contributed by atoms with E-state index >= 15 is 0 Å². The van der Waals surface area contributed by atoms with Gasteiger partial charge in [-0.2, -0.15) is 0 Å². The van der Waals surface area contributed by atoms with Gasteiger partial charge in [0.15, 0.2) is 0 Å². The molecule has 4 aromatic rings. The third-order valence-corrected chi connectivity index (χ3v) is 6.57. The SMILES string of the molecule is O=C(Nc1ccccc1)[C@@H](NCCCN[C@@H](C(=O)Nc1ccccc1)c1ccc(Cl)cc1)c1ccc(Cl)cc1. The van der Waals surface area contributed by atoms with Gasteiger partial charge in [-0.1, -0.05) is 83.9 Å². The van der Waals surface area contributed by atoms with E-state index < -0.39 is 12.1 Å². The van der Waals surface area contributed by atoms with Crippen molar-refractivity contribution >= 4 is 46.4 Å². The van der Waals surface area contributed by atoms with Crippen molar-refractivity contribution in [1.29, 1.82) is 0 Å². The number of rotatable bonds is 12. The van der Waals surface area contributed by atoms with Crippen LogP contribution >= 0.6 is 23.2 Å². The van der Waals surface area contributed by atoms with Crippen molar-refractivity contribution in [3.63, 3.8) is 0 Å². The van der Waals surface area contributed by atoms with E-state index in [2.05, 4.69) is 21.3 Å². The Morgan fingerprint density at radius 2 is 0.897 bits per heavy atom. The van der Waals surface area contributed by atoms with E-state index in [1.54, 1.807) is 24.3 Å². The number of amides is 2. The maximum Gasteiger partial charge on any atom is 0.246 e. The Labute approximate surface area is 238 Å². The monoisotopic (exact) mass is 560 g/mol. The molecule has 2 amide bonds. The zero-order valence-corrected chi connectivity index (χ0v) is 22.8. The van der Waals surface area contributed by atoms with Crippen LogP contribution in [0.5, 0.6) is 0 Å². The first-order valence-corrected chi connectivity index (χ1v) is 13.4. The predicted octanol–water partition coefficient (Wildman–Crippen LogP) is 6.62. The first-order chi connectivity index (χ1) is 19.0. The van der Waals surface area contributed by atoms with Gasteiger partial charge < -0.3 is 21.3 Å². The largest absolute Gasteiger partial charge is 0.324 e. The Morgan fingerprint density at radius 1 is 0.538 bits per heavy atom. The fourth-order valence-electron chi connectivity index (χ4n) is 4.09. The zero-order chi connectivity index (χ0) is 27.5. The topological polar surface area (TPSA) is 82.3 Å².